The maximum absolute atomic E-state index is 5.78. The third-order valence-corrected chi connectivity index (χ3v) is 3.61. The van der Waals surface area contributed by atoms with Crippen molar-refractivity contribution >= 4 is 23.4 Å². The van der Waals surface area contributed by atoms with Crippen molar-refractivity contribution in [2.75, 3.05) is 12.4 Å². The monoisotopic (exact) mass is 214 g/mol. The highest BCUT2D eigenvalue weighted by atomic mass is 35.5. The minimum atomic E-state index is 0.129. The summed E-state index contributed by atoms with van der Waals surface area (Å²) in [6.07, 6.45) is 0. The van der Waals surface area contributed by atoms with Gasteiger partial charge in [0.2, 0.25) is 0 Å². The van der Waals surface area contributed by atoms with Gasteiger partial charge in [0.25, 0.3) is 0 Å². The Morgan fingerprint density at radius 1 is 1.46 bits per heavy atom. The molecule has 0 aliphatic carbocycles. The third kappa shape index (κ3) is 2.63. The number of halogens is 1. The predicted molar refractivity (Wildman–Crippen MR) is 56.5 cm³/mol. The van der Waals surface area contributed by atoms with E-state index in [0.717, 1.165) is 17.4 Å². The van der Waals surface area contributed by atoms with Gasteiger partial charge in [-0.25, -0.2) is 0 Å². The average molecular weight is 215 g/mol. The van der Waals surface area contributed by atoms with Crippen LogP contribution in [0.25, 0.3) is 0 Å². The summed E-state index contributed by atoms with van der Waals surface area (Å²) in [7, 11) is 0. The first-order valence-corrected chi connectivity index (χ1v) is 5.57. The van der Waals surface area contributed by atoms with E-state index in [1.54, 1.807) is 0 Å². The van der Waals surface area contributed by atoms with Gasteiger partial charge in [-0.2, -0.15) is 0 Å². The van der Waals surface area contributed by atoms with Crippen molar-refractivity contribution in [3.8, 4) is 0 Å². The molecule has 13 heavy (non-hydrogen) atoms. The molecule has 0 bridgehead atoms. The summed E-state index contributed by atoms with van der Waals surface area (Å²) in [5.41, 5.74) is 0.129. The van der Waals surface area contributed by atoms with E-state index in [0.29, 0.717) is 0 Å². The highest BCUT2D eigenvalue weighted by molar-refractivity contribution is 7.99. The Morgan fingerprint density at radius 2 is 2.08 bits per heavy atom. The molecule has 2 rings (SSSR count). The molecule has 0 amide bonds. The molecular weight excluding hydrogens is 204 g/mol. The first-order valence-electron chi connectivity index (χ1n) is 4.20. The van der Waals surface area contributed by atoms with Crippen molar-refractivity contribution in [1.29, 1.82) is 0 Å². The van der Waals surface area contributed by atoms with Gasteiger partial charge in [0.1, 0.15) is 0 Å². The molecule has 3 heteroatoms. The van der Waals surface area contributed by atoms with E-state index in [2.05, 4.69) is 6.92 Å². The standard InChI is InChI=1S/C10H11ClOS/c1-10(6-12-10)7-13-9-4-2-8(11)3-5-9/h2-5H,6-7H2,1H3. The Morgan fingerprint density at radius 3 is 2.62 bits per heavy atom. The van der Waals surface area contributed by atoms with Crippen LogP contribution in [0.15, 0.2) is 29.2 Å². The molecule has 70 valence electrons. The molecule has 1 saturated heterocycles. The normalized spacial score (nSPS) is 26.0. The maximum Gasteiger partial charge on any atom is 0.0981 e. The lowest BCUT2D eigenvalue weighted by Gasteiger charge is -2.04. The minimum Gasteiger partial charge on any atom is -0.369 e. The molecule has 0 spiro atoms. The molecule has 1 atom stereocenters. The maximum atomic E-state index is 5.78. The molecule has 1 aliphatic heterocycles. The van der Waals surface area contributed by atoms with Crippen LogP contribution >= 0.6 is 23.4 Å². The number of ether oxygens (including phenoxy) is 1. The number of rotatable bonds is 3. The van der Waals surface area contributed by atoms with Gasteiger partial charge in [-0.1, -0.05) is 11.6 Å². The van der Waals surface area contributed by atoms with E-state index in [-0.39, 0.29) is 5.60 Å². The summed E-state index contributed by atoms with van der Waals surface area (Å²) in [6, 6.07) is 7.91. The van der Waals surface area contributed by atoms with Gasteiger partial charge in [0.15, 0.2) is 0 Å². The summed E-state index contributed by atoms with van der Waals surface area (Å²) >= 11 is 7.60. The van der Waals surface area contributed by atoms with E-state index in [1.807, 2.05) is 36.0 Å². The van der Waals surface area contributed by atoms with Crippen molar-refractivity contribution in [1.82, 2.24) is 0 Å². The van der Waals surface area contributed by atoms with Crippen LogP contribution in [0.4, 0.5) is 0 Å². The highest BCUT2D eigenvalue weighted by Crippen LogP contribution is 2.33. The molecule has 1 heterocycles. The zero-order valence-electron chi connectivity index (χ0n) is 7.42. The average Bonchev–Trinajstić information content (AvgIpc) is 2.84. The lowest BCUT2D eigenvalue weighted by molar-refractivity contribution is 0.348. The van der Waals surface area contributed by atoms with Crippen LogP contribution < -0.4 is 0 Å². The lowest BCUT2D eigenvalue weighted by Crippen LogP contribution is -2.07. The number of benzene rings is 1. The summed E-state index contributed by atoms with van der Waals surface area (Å²) < 4.78 is 5.29. The molecule has 0 radical (unpaired) electrons. The minimum absolute atomic E-state index is 0.129. The van der Waals surface area contributed by atoms with E-state index >= 15 is 0 Å². The molecule has 1 aliphatic rings. The fourth-order valence-electron chi connectivity index (χ4n) is 0.973. The summed E-state index contributed by atoms with van der Waals surface area (Å²) in [6.45, 7) is 3.03. The molecule has 0 N–H and O–H groups in total. The zero-order valence-corrected chi connectivity index (χ0v) is 8.99. The van der Waals surface area contributed by atoms with E-state index in [4.69, 9.17) is 16.3 Å². The quantitative estimate of drug-likeness (QED) is 0.566. The molecule has 1 fully saturated rings. The Bertz CT molecular complexity index is 292. The molecule has 0 aromatic heterocycles. The van der Waals surface area contributed by atoms with Gasteiger partial charge in [-0.05, 0) is 31.2 Å². The van der Waals surface area contributed by atoms with Crippen molar-refractivity contribution < 1.29 is 4.74 Å². The summed E-state index contributed by atoms with van der Waals surface area (Å²) in [4.78, 5) is 1.25. The number of hydrogen-bond donors (Lipinski definition) is 0. The second kappa shape index (κ2) is 3.52. The van der Waals surface area contributed by atoms with Gasteiger partial charge >= 0.3 is 0 Å². The Labute approximate surface area is 87.4 Å². The second-order valence-electron chi connectivity index (χ2n) is 3.48. The Hall–Kier alpha value is -0.180. The first-order chi connectivity index (χ1) is 6.18. The SMILES string of the molecule is CC1(CSc2ccc(Cl)cc2)CO1. The van der Waals surface area contributed by atoms with Crippen molar-refractivity contribution in [3.05, 3.63) is 29.3 Å². The number of hydrogen-bond acceptors (Lipinski definition) is 2. The second-order valence-corrected chi connectivity index (χ2v) is 4.97. The topological polar surface area (TPSA) is 12.5 Å². The summed E-state index contributed by atoms with van der Waals surface area (Å²) in [5.74, 6) is 1.02. The molecular formula is C10H11ClOS. The molecule has 1 nitrogen and oxygen atoms in total. The van der Waals surface area contributed by atoms with Crippen molar-refractivity contribution in [2.24, 2.45) is 0 Å². The van der Waals surface area contributed by atoms with E-state index in [9.17, 15) is 0 Å². The van der Waals surface area contributed by atoms with Gasteiger partial charge < -0.3 is 4.74 Å². The smallest absolute Gasteiger partial charge is 0.0981 e. The fourth-order valence-corrected chi connectivity index (χ4v) is 2.07. The largest absolute Gasteiger partial charge is 0.369 e. The van der Waals surface area contributed by atoms with Gasteiger partial charge in [-0.3, -0.25) is 0 Å². The van der Waals surface area contributed by atoms with Crippen LogP contribution in [0.1, 0.15) is 6.92 Å². The molecule has 1 unspecified atom stereocenters. The van der Waals surface area contributed by atoms with Crippen LogP contribution in [0.5, 0.6) is 0 Å². The fraction of sp³-hybridized carbons (Fsp3) is 0.400. The van der Waals surface area contributed by atoms with Crippen LogP contribution in [-0.4, -0.2) is 18.0 Å². The summed E-state index contributed by atoms with van der Waals surface area (Å²) in [5, 5.41) is 0.790. The Kier molecular flexibility index (Phi) is 2.54. The van der Waals surface area contributed by atoms with E-state index in [1.165, 1.54) is 4.90 Å². The van der Waals surface area contributed by atoms with Crippen molar-refractivity contribution in [3.63, 3.8) is 0 Å². The van der Waals surface area contributed by atoms with E-state index < -0.39 is 0 Å². The van der Waals surface area contributed by atoms with Crippen molar-refractivity contribution in [2.45, 2.75) is 17.4 Å². The molecule has 0 saturated carbocycles. The van der Waals surface area contributed by atoms with Crippen LogP contribution in [0.3, 0.4) is 0 Å². The molecule has 1 aromatic rings. The Balaban J connectivity index is 1.91. The number of epoxide rings is 1. The molecule has 1 aromatic carbocycles. The van der Waals surface area contributed by atoms with Gasteiger partial charge in [-0.15, -0.1) is 11.8 Å². The predicted octanol–water partition coefficient (Wildman–Crippen LogP) is 3.22. The van der Waals surface area contributed by atoms with Crippen LogP contribution in [0, 0.1) is 0 Å². The first kappa shape index (κ1) is 9.38. The van der Waals surface area contributed by atoms with Crippen LogP contribution in [0.2, 0.25) is 5.02 Å². The third-order valence-electron chi connectivity index (χ3n) is 1.99. The highest BCUT2D eigenvalue weighted by Gasteiger charge is 2.38. The number of thioether (sulfide) groups is 1. The lowest BCUT2D eigenvalue weighted by atomic mass is 10.3. The van der Waals surface area contributed by atoms with Crippen LogP contribution in [-0.2, 0) is 4.74 Å². The van der Waals surface area contributed by atoms with Gasteiger partial charge in [0.05, 0.1) is 12.2 Å². The van der Waals surface area contributed by atoms with Gasteiger partial charge in [0, 0.05) is 15.7 Å². The zero-order chi connectivity index (χ0) is 9.31.